The molecule has 1 heterocycles. The van der Waals surface area contributed by atoms with Crippen LogP contribution in [-0.2, 0) is 12.8 Å². The van der Waals surface area contributed by atoms with Crippen LogP contribution in [0.3, 0.4) is 0 Å². The number of nitrogens with zero attached hydrogens (tertiary/aromatic N) is 2. The summed E-state index contributed by atoms with van der Waals surface area (Å²) in [6.07, 6.45) is 1.15. The molecule has 3 nitrogen and oxygen atoms in total. The lowest BCUT2D eigenvalue weighted by Crippen LogP contribution is -1.96. The van der Waals surface area contributed by atoms with Gasteiger partial charge < -0.3 is 4.98 Å². The van der Waals surface area contributed by atoms with Gasteiger partial charge in [0.15, 0.2) is 5.69 Å². The third-order valence-corrected chi connectivity index (χ3v) is 2.61. The van der Waals surface area contributed by atoms with Gasteiger partial charge in [-0.3, -0.25) is 0 Å². The van der Waals surface area contributed by atoms with E-state index in [0.29, 0.717) is 29.9 Å². The van der Waals surface area contributed by atoms with Crippen LogP contribution in [0.4, 0.5) is 4.39 Å². The highest BCUT2D eigenvalue weighted by Gasteiger charge is 2.08. The van der Waals surface area contributed by atoms with Gasteiger partial charge >= 0.3 is 0 Å². The van der Waals surface area contributed by atoms with E-state index >= 15 is 0 Å². The van der Waals surface area contributed by atoms with Gasteiger partial charge in [-0.05, 0) is 31.4 Å². The van der Waals surface area contributed by atoms with E-state index in [-0.39, 0.29) is 5.82 Å². The Kier molecular flexibility index (Phi) is 3.20. The van der Waals surface area contributed by atoms with Crippen molar-refractivity contribution in [2.24, 2.45) is 0 Å². The standard InChI is InChI=1S/C13H12FN3/c1-9-16-12(13(8-15)17-9)7-6-10-4-2-3-5-11(10)14/h2-5H,6-7H2,1H3,(H,16,17). The minimum Gasteiger partial charge on any atom is -0.345 e. The molecule has 0 unspecified atom stereocenters. The van der Waals surface area contributed by atoms with E-state index in [4.69, 9.17) is 5.26 Å². The molecule has 17 heavy (non-hydrogen) atoms. The van der Waals surface area contributed by atoms with Gasteiger partial charge in [-0.15, -0.1) is 0 Å². The fraction of sp³-hybridized carbons (Fsp3) is 0.231. The SMILES string of the molecule is Cc1nc(C#N)c(CCc2ccccc2F)[nH]1. The first kappa shape index (κ1) is 11.3. The van der Waals surface area contributed by atoms with E-state index in [1.807, 2.05) is 12.1 Å². The highest BCUT2D eigenvalue weighted by atomic mass is 19.1. The Bertz CT molecular complexity index is 566. The van der Waals surface area contributed by atoms with Crippen molar-refractivity contribution in [1.29, 1.82) is 5.26 Å². The number of imidazole rings is 1. The maximum absolute atomic E-state index is 13.4. The Balaban J connectivity index is 2.13. The molecular weight excluding hydrogens is 217 g/mol. The number of halogens is 1. The summed E-state index contributed by atoms with van der Waals surface area (Å²) in [4.78, 5) is 7.08. The minimum absolute atomic E-state index is 0.206. The summed E-state index contributed by atoms with van der Waals surface area (Å²) in [5.41, 5.74) is 1.83. The van der Waals surface area contributed by atoms with Gasteiger partial charge in [0.2, 0.25) is 0 Å². The lowest BCUT2D eigenvalue weighted by molar-refractivity contribution is 0.608. The quantitative estimate of drug-likeness (QED) is 0.879. The van der Waals surface area contributed by atoms with Gasteiger partial charge in [-0.2, -0.15) is 5.26 Å². The van der Waals surface area contributed by atoms with Crippen LogP contribution in [0.25, 0.3) is 0 Å². The van der Waals surface area contributed by atoms with E-state index in [1.165, 1.54) is 6.07 Å². The second kappa shape index (κ2) is 4.79. The molecule has 0 saturated heterocycles. The highest BCUT2D eigenvalue weighted by Crippen LogP contribution is 2.12. The van der Waals surface area contributed by atoms with Gasteiger partial charge in [0, 0.05) is 0 Å². The number of rotatable bonds is 3. The van der Waals surface area contributed by atoms with Crippen molar-refractivity contribution in [3.05, 3.63) is 52.9 Å². The van der Waals surface area contributed by atoms with Crippen LogP contribution in [0.2, 0.25) is 0 Å². The first-order valence-electron chi connectivity index (χ1n) is 5.39. The molecular formula is C13H12FN3. The summed E-state index contributed by atoms with van der Waals surface area (Å²) >= 11 is 0. The molecule has 0 spiro atoms. The van der Waals surface area contributed by atoms with Crippen LogP contribution in [0.15, 0.2) is 24.3 Å². The van der Waals surface area contributed by atoms with Crippen LogP contribution >= 0.6 is 0 Å². The topological polar surface area (TPSA) is 52.5 Å². The predicted molar refractivity (Wildman–Crippen MR) is 61.8 cm³/mol. The number of hydrogen-bond donors (Lipinski definition) is 1. The zero-order valence-electron chi connectivity index (χ0n) is 9.50. The largest absolute Gasteiger partial charge is 0.345 e. The van der Waals surface area contributed by atoms with E-state index < -0.39 is 0 Å². The van der Waals surface area contributed by atoms with Crippen molar-refractivity contribution in [3.8, 4) is 6.07 Å². The van der Waals surface area contributed by atoms with Crippen LogP contribution < -0.4 is 0 Å². The molecule has 1 aromatic carbocycles. The van der Waals surface area contributed by atoms with Gasteiger partial charge in [-0.25, -0.2) is 9.37 Å². The van der Waals surface area contributed by atoms with Crippen molar-refractivity contribution in [3.63, 3.8) is 0 Å². The molecule has 1 aromatic heterocycles. The van der Waals surface area contributed by atoms with Gasteiger partial charge in [0.1, 0.15) is 17.7 Å². The van der Waals surface area contributed by atoms with Crippen molar-refractivity contribution >= 4 is 0 Å². The van der Waals surface area contributed by atoms with E-state index in [1.54, 1.807) is 19.1 Å². The molecule has 4 heteroatoms. The van der Waals surface area contributed by atoms with E-state index in [0.717, 1.165) is 5.69 Å². The Morgan fingerprint density at radius 2 is 2.12 bits per heavy atom. The Hall–Kier alpha value is -2.15. The van der Waals surface area contributed by atoms with Crippen molar-refractivity contribution in [2.75, 3.05) is 0 Å². The molecule has 2 rings (SSSR count). The summed E-state index contributed by atoms with van der Waals surface area (Å²) < 4.78 is 13.4. The van der Waals surface area contributed by atoms with E-state index in [2.05, 4.69) is 9.97 Å². The second-order valence-corrected chi connectivity index (χ2v) is 3.85. The smallest absolute Gasteiger partial charge is 0.161 e. The summed E-state index contributed by atoms with van der Waals surface area (Å²) in [5.74, 6) is 0.507. The molecule has 1 N–H and O–H groups in total. The third-order valence-electron chi connectivity index (χ3n) is 2.61. The molecule has 0 bridgehead atoms. The molecule has 2 aromatic rings. The number of nitrogens with one attached hydrogen (secondary N) is 1. The number of aromatic nitrogens is 2. The Morgan fingerprint density at radius 3 is 2.82 bits per heavy atom. The summed E-state index contributed by atoms with van der Waals surface area (Å²) in [6.45, 7) is 1.80. The van der Waals surface area contributed by atoms with Gasteiger partial charge in [0.25, 0.3) is 0 Å². The summed E-state index contributed by atoms with van der Waals surface area (Å²) in [6, 6.07) is 8.70. The number of benzene rings is 1. The Morgan fingerprint density at radius 1 is 1.35 bits per heavy atom. The lowest BCUT2D eigenvalue weighted by Gasteiger charge is -2.01. The number of aromatic amines is 1. The van der Waals surface area contributed by atoms with Gasteiger partial charge in [0.05, 0.1) is 5.69 Å². The first-order valence-corrected chi connectivity index (χ1v) is 5.39. The van der Waals surface area contributed by atoms with Crippen molar-refractivity contribution < 1.29 is 4.39 Å². The van der Waals surface area contributed by atoms with Crippen LogP contribution in [0, 0.1) is 24.1 Å². The second-order valence-electron chi connectivity index (χ2n) is 3.85. The fourth-order valence-corrected chi connectivity index (χ4v) is 1.77. The number of hydrogen-bond acceptors (Lipinski definition) is 2. The number of nitriles is 1. The highest BCUT2D eigenvalue weighted by molar-refractivity contribution is 5.28. The molecule has 0 aliphatic heterocycles. The molecule has 0 aliphatic rings. The van der Waals surface area contributed by atoms with Crippen LogP contribution in [0.5, 0.6) is 0 Å². The maximum Gasteiger partial charge on any atom is 0.161 e. The van der Waals surface area contributed by atoms with Crippen molar-refractivity contribution in [1.82, 2.24) is 9.97 Å². The number of aryl methyl sites for hydroxylation is 3. The normalized spacial score (nSPS) is 10.2. The maximum atomic E-state index is 13.4. The van der Waals surface area contributed by atoms with Gasteiger partial charge in [-0.1, -0.05) is 18.2 Å². The number of H-pyrrole nitrogens is 1. The zero-order chi connectivity index (χ0) is 12.3. The van der Waals surface area contributed by atoms with Crippen molar-refractivity contribution in [2.45, 2.75) is 19.8 Å². The van der Waals surface area contributed by atoms with Crippen LogP contribution in [0.1, 0.15) is 22.8 Å². The molecule has 0 aliphatic carbocycles. The first-order chi connectivity index (χ1) is 8.20. The molecule has 0 atom stereocenters. The molecule has 0 radical (unpaired) electrons. The molecule has 0 saturated carbocycles. The van der Waals surface area contributed by atoms with E-state index in [9.17, 15) is 4.39 Å². The summed E-state index contributed by atoms with van der Waals surface area (Å²) in [7, 11) is 0. The summed E-state index contributed by atoms with van der Waals surface area (Å²) in [5, 5.41) is 8.88. The molecule has 0 fully saturated rings. The average molecular weight is 229 g/mol. The fourth-order valence-electron chi connectivity index (χ4n) is 1.77. The monoisotopic (exact) mass is 229 g/mol. The van der Waals surface area contributed by atoms with Crippen LogP contribution in [-0.4, -0.2) is 9.97 Å². The molecule has 0 amide bonds. The average Bonchev–Trinajstić information content (AvgIpc) is 2.69. The molecule has 86 valence electrons. The minimum atomic E-state index is -0.206. The zero-order valence-corrected chi connectivity index (χ0v) is 9.50. The lowest BCUT2D eigenvalue weighted by atomic mass is 10.1. The third kappa shape index (κ3) is 2.51. The Labute approximate surface area is 98.9 Å². The predicted octanol–water partition coefficient (Wildman–Crippen LogP) is 2.51.